The van der Waals surface area contributed by atoms with E-state index in [4.69, 9.17) is 9.47 Å². The third-order valence-electron chi connectivity index (χ3n) is 3.80. The van der Waals surface area contributed by atoms with E-state index in [9.17, 15) is 9.59 Å². The van der Waals surface area contributed by atoms with Crippen molar-refractivity contribution in [3.05, 3.63) is 18.2 Å². The Morgan fingerprint density at radius 2 is 1.79 bits per heavy atom. The molecular formula is C18H28N2O4. The van der Waals surface area contributed by atoms with Crippen LogP contribution in [0.1, 0.15) is 34.1 Å². The fourth-order valence-electron chi connectivity index (χ4n) is 1.98. The molecule has 0 saturated heterocycles. The Kier molecular flexibility index (Phi) is 7.07. The Bertz CT molecular complexity index is 582. The molecule has 0 fully saturated rings. The first kappa shape index (κ1) is 19.8. The number of methoxy groups -OCH3 is 2. The zero-order valence-electron chi connectivity index (χ0n) is 15.4. The Labute approximate surface area is 143 Å². The van der Waals surface area contributed by atoms with Crippen molar-refractivity contribution < 1.29 is 19.1 Å². The second-order valence-corrected chi connectivity index (χ2v) is 6.58. The van der Waals surface area contributed by atoms with Crippen molar-refractivity contribution in [2.45, 2.75) is 34.1 Å². The first-order valence-corrected chi connectivity index (χ1v) is 8.04. The van der Waals surface area contributed by atoms with E-state index < -0.39 is 11.3 Å². The predicted octanol–water partition coefficient (Wildman–Crippen LogP) is 2.83. The molecule has 0 spiro atoms. The molecule has 0 aliphatic heterocycles. The highest BCUT2D eigenvalue weighted by Gasteiger charge is 2.36. The van der Waals surface area contributed by atoms with Gasteiger partial charge in [-0.3, -0.25) is 9.59 Å². The summed E-state index contributed by atoms with van der Waals surface area (Å²) in [5, 5.41) is 5.57. The number of benzene rings is 1. The lowest BCUT2D eigenvalue weighted by atomic mass is 9.90. The molecule has 0 saturated carbocycles. The second kappa shape index (κ2) is 8.57. The van der Waals surface area contributed by atoms with E-state index in [0.29, 0.717) is 29.6 Å². The van der Waals surface area contributed by atoms with Gasteiger partial charge in [0.15, 0.2) is 0 Å². The van der Waals surface area contributed by atoms with Gasteiger partial charge in [0.1, 0.15) is 16.9 Å². The van der Waals surface area contributed by atoms with Gasteiger partial charge in [0.2, 0.25) is 11.8 Å². The molecule has 6 heteroatoms. The predicted molar refractivity (Wildman–Crippen MR) is 94.4 cm³/mol. The fourth-order valence-corrected chi connectivity index (χ4v) is 1.98. The van der Waals surface area contributed by atoms with E-state index in [1.807, 2.05) is 0 Å². The highest BCUT2D eigenvalue weighted by atomic mass is 16.5. The van der Waals surface area contributed by atoms with E-state index in [1.165, 1.54) is 7.11 Å². The topological polar surface area (TPSA) is 76.7 Å². The van der Waals surface area contributed by atoms with Crippen molar-refractivity contribution in [1.82, 2.24) is 5.32 Å². The van der Waals surface area contributed by atoms with Crippen LogP contribution in [0.2, 0.25) is 0 Å². The van der Waals surface area contributed by atoms with E-state index in [0.717, 1.165) is 6.42 Å². The molecular weight excluding hydrogens is 308 g/mol. The number of rotatable bonds is 8. The molecule has 0 heterocycles. The molecule has 1 aromatic rings. The van der Waals surface area contributed by atoms with Gasteiger partial charge < -0.3 is 20.1 Å². The number of carbonyl (C=O) groups is 2. The quantitative estimate of drug-likeness (QED) is 0.716. The maximum atomic E-state index is 12.5. The van der Waals surface area contributed by atoms with Crippen molar-refractivity contribution in [1.29, 1.82) is 0 Å². The number of hydrogen-bond acceptors (Lipinski definition) is 4. The molecule has 0 aromatic heterocycles. The van der Waals surface area contributed by atoms with Crippen molar-refractivity contribution in [2.75, 3.05) is 26.1 Å². The van der Waals surface area contributed by atoms with Gasteiger partial charge in [-0.25, -0.2) is 0 Å². The van der Waals surface area contributed by atoms with E-state index in [2.05, 4.69) is 24.5 Å². The van der Waals surface area contributed by atoms with Gasteiger partial charge in [0.25, 0.3) is 0 Å². The van der Waals surface area contributed by atoms with Crippen LogP contribution in [0.4, 0.5) is 5.69 Å². The summed E-state index contributed by atoms with van der Waals surface area (Å²) in [5.41, 5.74) is -0.701. The Morgan fingerprint density at radius 1 is 1.12 bits per heavy atom. The first-order chi connectivity index (χ1) is 11.2. The summed E-state index contributed by atoms with van der Waals surface area (Å²) in [6.07, 6.45) is 0.871. The first-order valence-electron chi connectivity index (χ1n) is 8.04. The molecule has 0 aliphatic carbocycles. The van der Waals surface area contributed by atoms with Gasteiger partial charge >= 0.3 is 0 Å². The van der Waals surface area contributed by atoms with Crippen molar-refractivity contribution in [3.63, 3.8) is 0 Å². The van der Waals surface area contributed by atoms with Gasteiger partial charge in [-0.1, -0.05) is 13.8 Å². The van der Waals surface area contributed by atoms with E-state index in [-0.39, 0.29) is 5.91 Å². The minimum absolute atomic E-state index is 0.298. The molecule has 0 aliphatic rings. The van der Waals surface area contributed by atoms with Crippen LogP contribution in [0, 0.1) is 11.3 Å². The zero-order chi connectivity index (χ0) is 18.3. The maximum Gasteiger partial charge on any atom is 0.239 e. The SMILES string of the molecule is COc1ccc(NC(=O)C(C)(C)C(=O)NCCC(C)C)c(OC)c1. The van der Waals surface area contributed by atoms with Crippen molar-refractivity contribution in [3.8, 4) is 11.5 Å². The summed E-state index contributed by atoms with van der Waals surface area (Å²) < 4.78 is 10.4. The number of ether oxygens (including phenoxy) is 2. The molecule has 0 atom stereocenters. The molecule has 24 heavy (non-hydrogen) atoms. The third-order valence-corrected chi connectivity index (χ3v) is 3.80. The number of amides is 2. The smallest absolute Gasteiger partial charge is 0.239 e. The highest BCUT2D eigenvalue weighted by molar-refractivity contribution is 6.10. The molecule has 0 unspecified atom stereocenters. The number of carbonyl (C=O) groups excluding carboxylic acids is 2. The lowest BCUT2D eigenvalue weighted by Crippen LogP contribution is -2.45. The molecule has 1 aromatic carbocycles. The Morgan fingerprint density at radius 3 is 2.33 bits per heavy atom. The van der Waals surface area contributed by atoms with Crippen LogP contribution in [-0.2, 0) is 9.59 Å². The molecule has 2 amide bonds. The molecule has 2 N–H and O–H groups in total. The van der Waals surface area contributed by atoms with Gasteiger partial charge in [0.05, 0.1) is 19.9 Å². The monoisotopic (exact) mass is 336 g/mol. The number of hydrogen-bond donors (Lipinski definition) is 2. The van der Waals surface area contributed by atoms with Crippen LogP contribution in [0.15, 0.2) is 18.2 Å². The molecule has 0 radical (unpaired) electrons. The van der Waals surface area contributed by atoms with Crippen LogP contribution in [0.5, 0.6) is 11.5 Å². The summed E-state index contributed by atoms with van der Waals surface area (Å²) in [7, 11) is 3.06. The standard InChI is InChI=1S/C18H28N2O4/c1-12(2)9-10-19-16(21)18(3,4)17(22)20-14-8-7-13(23-5)11-15(14)24-6/h7-8,11-12H,9-10H2,1-6H3,(H,19,21)(H,20,22). The summed E-state index contributed by atoms with van der Waals surface area (Å²) in [6, 6.07) is 5.07. The lowest BCUT2D eigenvalue weighted by molar-refractivity contribution is -0.138. The number of anilines is 1. The molecule has 134 valence electrons. The average molecular weight is 336 g/mol. The highest BCUT2D eigenvalue weighted by Crippen LogP contribution is 2.30. The number of nitrogens with one attached hydrogen (secondary N) is 2. The summed E-state index contributed by atoms with van der Waals surface area (Å²) >= 11 is 0. The lowest BCUT2D eigenvalue weighted by Gasteiger charge is -2.23. The van der Waals surface area contributed by atoms with Gasteiger partial charge in [-0.2, -0.15) is 0 Å². The van der Waals surface area contributed by atoms with E-state index in [1.54, 1.807) is 39.2 Å². The summed E-state index contributed by atoms with van der Waals surface area (Å²) in [4.78, 5) is 24.8. The fraction of sp³-hybridized carbons (Fsp3) is 0.556. The zero-order valence-corrected chi connectivity index (χ0v) is 15.4. The normalized spacial score (nSPS) is 11.1. The molecule has 6 nitrogen and oxygen atoms in total. The van der Waals surface area contributed by atoms with Crippen LogP contribution in [0.25, 0.3) is 0 Å². The molecule has 1 rings (SSSR count). The van der Waals surface area contributed by atoms with Gasteiger partial charge in [-0.05, 0) is 38.3 Å². The minimum atomic E-state index is -1.19. The maximum absolute atomic E-state index is 12.5. The van der Waals surface area contributed by atoms with E-state index >= 15 is 0 Å². The van der Waals surface area contributed by atoms with Crippen molar-refractivity contribution >= 4 is 17.5 Å². The van der Waals surface area contributed by atoms with Crippen LogP contribution in [0.3, 0.4) is 0 Å². The second-order valence-electron chi connectivity index (χ2n) is 6.58. The van der Waals surface area contributed by atoms with Crippen LogP contribution in [-0.4, -0.2) is 32.6 Å². The van der Waals surface area contributed by atoms with Crippen molar-refractivity contribution in [2.24, 2.45) is 11.3 Å². The average Bonchev–Trinajstić information content (AvgIpc) is 2.54. The molecule has 0 bridgehead atoms. The van der Waals surface area contributed by atoms with Gasteiger partial charge in [-0.15, -0.1) is 0 Å². The largest absolute Gasteiger partial charge is 0.497 e. The summed E-state index contributed by atoms with van der Waals surface area (Å²) in [6.45, 7) is 7.92. The van der Waals surface area contributed by atoms with Crippen LogP contribution < -0.4 is 20.1 Å². The third kappa shape index (κ3) is 5.15. The minimum Gasteiger partial charge on any atom is -0.497 e. The van der Waals surface area contributed by atoms with Gasteiger partial charge in [0, 0.05) is 12.6 Å². The Hall–Kier alpha value is -2.24. The van der Waals surface area contributed by atoms with Crippen LogP contribution >= 0.6 is 0 Å². The summed E-state index contributed by atoms with van der Waals surface area (Å²) in [5.74, 6) is 0.890. The Balaban J connectivity index is 2.80.